The molecule has 126 valence electrons. The topological polar surface area (TPSA) is 79.2 Å². The lowest BCUT2D eigenvalue weighted by Gasteiger charge is -2.10. The Morgan fingerprint density at radius 2 is 2.00 bits per heavy atom. The zero-order chi connectivity index (χ0) is 17.2. The molecule has 0 saturated carbocycles. The van der Waals surface area contributed by atoms with Gasteiger partial charge in [-0.15, -0.1) is 15.3 Å². The SMILES string of the molecule is C[C@H](c1nncn1C)n1cc(-c2ccccc2Cn2cccn2)nn1. The molecule has 0 saturated heterocycles. The molecule has 8 heteroatoms. The van der Waals surface area contributed by atoms with Gasteiger partial charge in [0.05, 0.1) is 12.7 Å². The summed E-state index contributed by atoms with van der Waals surface area (Å²) in [5.41, 5.74) is 3.02. The molecule has 1 aromatic carbocycles. The first kappa shape index (κ1) is 15.3. The number of hydrogen-bond acceptors (Lipinski definition) is 5. The molecule has 25 heavy (non-hydrogen) atoms. The van der Waals surface area contributed by atoms with Crippen molar-refractivity contribution in [2.75, 3.05) is 0 Å². The van der Waals surface area contributed by atoms with E-state index in [0.29, 0.717) is 6.54 Å². The van der Waals surface area contributed by atoms with E-state index in [4.69, 9.17) is 0 Å². The average Bonchev–Trinajstić information content (AvgIpc) is 3.36. The number of rotatable bonds is 5. The Hall–Kier alpha value is -3.29. The largest absolute Gasteiger partial charge is 0.319 e. The third-order valence-electron chi connectivity index (χ3n) is 4.21. The summed E-state index contributed by atoms with van der Waals surface area (Å²) < 4.78 is 5.59. The highest BCUT2D eigenvalue weighted by Gasteiger charge is 2.17. The number of hydrogen-bond donors (Lipinski definition) is 0. The molecule has 0 bridgehead atoms. The van der Waals surface area contributed by atoms with Crippen LogP contribution in [0.1, 0.15) is 24.4 Å². The first-order chi connectivity index (χ1) is 12.2. The van der Waals surface area contributed by atoms with Crippen LogP contribution in [0.25, 0.3) is 11.3 Å². The monoisotopic (exact) mass is 334 g/mol. The Labute approximate surface area is 144 Å². The zero-order valence-electron chi connectivity index (χ0n) is 14.1. The molecule has 3 heterocycles. The van der Waals surface area contributed by atoms with Gasteiger partial charge in [0, 0.05) is 25.0 Å². The van der Waals surface area contributed by atoms with E-state index in [9.17, 15) is 0 Å². The number of aryl methyl sites for hydroxylation is 1. The molecule has 1 atom stereocenters. The molecule has 0 unspecified atom stereocenters. The summed E-state index contributed by atoms with van der Waals surface area (Å²) in [4.78, 5) is 0. The third-order valence-corrected chi connectivity index (χ3v) is 4.21. The predicted octanol–water partition coefficient (Wildman–Crippen LogP) is 1.93. The fourth-order valence-electron chi connectivity index (χ4n) is 2.85. The first-order valence-corrected chi connectivity index (χ1v) is 8.04. The van der Waals surface area contributed by atoms with Crippen LogP contribution in [0.3, 0.4) is 0 Å². The lowest BCUT2D eigenvalue weighted by molar-refractivity contribution is 0.503. The minimum absolute atomic E-state index is 0.0490. The predicted molar refractivity (Wildman–Crippen MR) is 91.6 cm³/mol. The summed E-state index contributed by atoms with van der Waals surface area (Å²) >= 11 is 0. The van der Waals surface area contributed by atoms with Gasteiger partial charge in [-0.2, -0.15) is 5.10 Å². The second-order valence-electron chi connectivity index (χ2n) is 5.92. The summed E-state index contributed by atoms with van der Waals surface area (Å²) in [7, 11) is 1.92. The maximum Gasteiger partial charge on any atom is 0.157 e. The van der Waals surface area contributed by atoms with Gasteiger partial charge in [0.15, 0.2) is 5.82 Å². The van der Waals surface area contributed by atoms with E-state index in [2.05, 4.69) is 37.7 Å². The van der Waals surface area contributed by atoms with Crippen molar-refractivity contribution in [1.29, 1.82) is 0 Å². The minimum Gasteiger partial charge on any atom is -0.319 e. The number of aromatic nitrogens is 8. The van der Waals surface area contributed by atoms with Crippen LogP contribution in [0.2, 0.25) is 0 Å². The summed E-state index contributed by atoms with van der Waals surface area (Å²) in [6.45, 7) is 2.72. The van der Waals surface area contributed by atoms with E-state index < -0.39 is 0 Å². The van der Waals surface area contributed by atoms with Crippen molar-refractivity contribution in [2.45, 2.75) is 19.5 Å². The lowest BCUT2D eigenvalue weighted by Crippen LogP contribution is -2.12. The van der Waals surface area contributed by atoms with E-state index in [1.54, 1.807) is 12.5 Å². The fraction of sp³-hybridized carbons (Fsp3) is 0.235. The molecule has 0 amide bonds. The van der Waals surface area contributed by atoms with Crippen molar-refractivity contribution in [3.05, 3.63) is 66.6 Å². The molecule has 0 fully saturated rings. The third kappa shape index (κ3) is 2.93. The van der Waals surface area contributed by atoms with Gasteiger partial charge in [0.25, 0.3) is 0 Å². The van der Waals surface area contributed by atoms with Crippen molar-refractivity contribution in [3.8, 4) is 11.3 Å². The fourth-order valence-corrected chi connectivity index (χ4v) is 2.85. The van der Waals surface area contributed by atoms with Crippen LogP contribution in [-0.2, 0) is 13.6 Å². The standard InChI is InChI=1S/C17H18N8/c1-13(17-21-18-12-23(17)2)25-11-16(20-22-25)15-7-4-3-6-14(15)10-24-9-5-8-19-24/h3-9,11-13H,10H2,1-2H3/t13-/m1/s1. The molecule has 0 radical (unpaired) electrons. The maximum absolute atomic E-state index is 4.36. The van der Waals surface area contributed by atoms with E-state index in [0.717, 1.165) is 22.6 Å². The van der Waals surface area contributed by atoms with Crippen LogP contribution in [0.15, 0.2) is 55.2 Å². The second kappa shape index (κ2) is 6.31. The van der Waals surface area contributed by atoms with Crippen molar-refractivity contribution in [1.82, 2.24) is 39.5 Å². The Bertz CT molecular complexity index is 966. The molecule has 4 rings (SSSR count). The van der Waals surface area contributed by atoms with Crippen molar-refractivity contribution < 1.29 is 0 Å². The van der Waals surface area contributed by atoms with Crippen molar-refractivity contribution in [2.24, 2.45) is 7.05 Å². The highest BCUT2D eigenvalue weighted by molar-refractivity contribution is 5.62. The molecule has 8 nitrogen and oxygen atoms in total. The van der Waals surface area contributed by atoms with Crippen molar-refractivity contribution in [3.63, 3.8) is 0 Å². The van der Waals surface area contributed by atoms with E-state index in [1.165, 1.54) is 0 Å². The zero-order valence-corrected chi connectivity index (χ0v) is 14.1. The smallest absolute Gasteiger partial charge is 0.157 e. The van der Waals surface area contributed by atoms with Gasteiger partial charge >= 0.3 is 0 Å². The van der Waals surface area contributed by atoms with Gasteiger partial charge in [-0.3, -0.25) is 4.68 Å². The van der Waals surface area contributed by atoms with E-state index in [1.807, 2.05) is 58.5 Å². The maximum atomic E-state index is 4.36. The van der Waals surface area contributed by atoms with Crippen LogP contribution in [-0.4, -0.2) is 39.5 Å². The Morgan fingerprint density at radius 1 is 1.12 bits per heavy atom. The molecular weight excluding hydrogens is 316 g/mol. The summed E-state index contributed by atoms with van der Waals surface area (Å²) in [6, 6.07) is 10.0. The Morgan fingerprint density at radius 3 is 2.76 bits per heavy atom. The van der Waals surface area contributed by atoms with E-state index >= 15 is 0 Å². The average molecular weight is 334 g/mol. The highest BCUT2D eigenvalue weighted by Crippen LogP contribution is 2.24. The van der Waals surface area contributed by atoms with Gasteiger partial charge < -0.3 is 4.57 Å². The van der Waals surface area contributed by atoms with Crippen LogP contribution in [0.4, 0.5) is 0 Å². The molecule has 0 spiro atoms. The van der Waals surface area contributed by atoms with E-state index in [-0.39, 0.29) is 6.04 Å². The minimum atomic E-state index is -0.0490. The second-order valence-corrected chi connectivity index (χ2v) is 5.92. The number of benzene rings is 1. The van der Waals surface area contributed by atoms with Gasteiger partial charge in [0.1, 0.15) is 18.1 Å². The molecule has 0 aliphatic heterocycles. The van der Waals surface area contributed by atoms with Crippen LogP contribution in [0.5, 0.6) is 0 Å². The van der Waals surface area contributed by atoms with Gasteiger partial charge in [-0.25, -0.2) is 4.68 Å². The van der Waals surface area contributed by atoms with Crippen molar-refractivity contribution >= 4 is 0 Å². The first-order valence-electron chi connectivity index (χ1n) is 8.04. The van der Waals surface area contributed by atoms with Gasteiger partial charge in [0.2, 0.25) is 0 Å². The van der Waals surface area contributed by atoms with Crippen LogP contribution >= 0.6 is 0 Å². The molecule has 0 N–H and O–H groups in total. The normalized spacial score (nSPS) is 12.4. The van der Waals surface area contributed by atoms with Crippen LogP contribution in [0, 0.1) is 0 Å². The summed E-state index contributed by atoms with van der Waals surface area (Å²) in [5, 5.41) is 21.0. The molecule has 4 aromatic rings. The molecule has 0 aliphatic rings. The highest BCUT2D eigenvalue weighted by atomic mass is 15.4. The Balaban J connectivity index is 1.65. The van der Waals surface area contributed by atoms with Gasteiger partial charge in [-0.05, 0) is 18.6 Å². The summed E-state index contributed by atoms with van der Waals surface area (Å²) in [5.74, 6) is 0.835. The van der Waals surface area contributed by atoms with Gasteiger partial charge in [-0.1, -0.05) is 29.5 Å². The Kier molecular flexibility index (Phi) is 3.85. The number of nitrogens with zero attached hydrogens (tertiary/aromatic N) is 8. The molecule has 3 aromatic heterocycles. The van der Waals surface area contributed by atoms with Crippen LogP contribution < -0.4 is 0 Å². The molecule has 0 aliphatic carbocycles. The lowest BCUT2D eigenvalue weighted by atomic mass is 10.1. The quantitative estimate of drug-likeness (QED) is 0.557. The summed E-state index contributed by atoms with van der Waals surface area (Å²) in [6.07, 6.45) is 7.36. The molecular formula is C17H18N8.